The van der Waals surface area contributed by atoms with Crippen molar-refractivity contribution in [3.05, 3.63) is 65.5 Å². The van der Waals surface area contributed by atoms with Gasteiger partial charge < -0.3 is 10.6 Å². The lowest BCUT2D eigenvalue weighted by Gasteiger charge is -2.15. The van der Waals surface area contributed by atoms with Crippen LogP contribution in [0.25, 0.3) is 0 Å². The number of hydrogen-bond acceptors (Lipinski definition) is 2. The van der Waals surface area contributed by atoms with Crippen molar-refractivity contribution in [1.29, 1.82) is 0 Å². The van der Waals surface area contributed by atoms with Crippen molar-refractivity contribution >= 4 is 23.0 Å². The number of benzene rings is 2. The highest BCUT2D eigenvalue weighted by molar-refractivity contribution is 7.80. The highest BCUT2D eigenvalue weighted by Gasteiger charge is 2.11. The highest BCUT2D eigenvalue weighted by atomic mass is 32.1. The van der Waals surface area contributed by atoms with Crippen LogP contribution in [0, 0.1) is 5.82 Å². The molecule has 1 saturated heterocycles. The molecule has 0 spiro atoms. The molecule has 0 aromatic heterocycles. The zero-order chi connectivity index (χ0) is 16.8. The maximum atomic E-state index is 12.9. The lowest BCUT2D eigenvalue weighted by molar-refractivity contribution is 0.331. The molecule has 5 heteroatoms. The largest absolute Gasteiger partial charge is 0.358 e. The molecule has 126 valence electrons. The minimum atomic E-state index is -0.256. The molecule has 1 aliphatic rings. The van der Waals surface area contributed by atoms with Crippen molar-refractivity contribution in [2.45, 2.75) is 25.9 Å². The molecular formula is C19H22FN3S. The van der Waals surface area contributed by atoms with E-state index in [0.717, 1.165) is 12.2 Å². The molecule has 2 aromatic carbocycles. The summed E-state index contributed by atoms with van der Waals surface area (Å²) in [6, 6.07) is 14.8. The Morgan fingerprint density at radius 1 is 0.958 bits per heavy atom. The van der Waals surface area contributed by atoms with Gasteiger partial charge in [-0.2, -0.15) is 0 Å². The van der Waals surface area contributed by atoms with Gasteiger partial charge in [-0.25, -0.2) is 4.39 Å². The lowest BCUT2D eigenvalue weighted by atomic mass is 10.1. The fraction of sp³-hybridized carbons (Fsp3) is 0.316. The minimum absolute atomic E-state index is 0.256. The van der Waals surface area contributed by atoms with Gasteiger partial charge in [0.05, 0.1) is 0 Å². The van der Waals surface area contributed by atoms with Gasteiger partial charge in [0.2, 0.25) is 0 Å². The molecule has 24 heavy (non-hydrogen) atoms. The van der Waals surface area contributed by atoms with Gasteiger partial charge in [-0.1, -0.05) is 24.3 Å². The molecule has 0 aliphatic carbocycles. The Morgan fingerprint density at radius 3 is 2.25 bits per heavy atom. The van der Waals surface area contributed by atoms with Crippen molar-refractivity contribution in [2.75, 3.05) is 18.4 Å². The van der Waals surface area contributed by atoms with E-state index in [-0.39, 0.29) is 5.82 Å². The van der Waals surface area contributed by atoms with E-state index in [4.69, 9.17) is 12.2 Å². The van der Waals surface area contributed by atoms with Gasteiger partial charge in [-0.15, -0.1) is 0 Å². The fourth-order valence-corrected chi connectivity index (χ4v) is 3.04. The van der Waals surface area contributed by atoms with Crippen LogP contribution < -0.4 is 10.6 Å². The summed E-state index contributed by atoms with van der Waals surface area (Å²) in [5.41, 5.74) is 3.31. The minimum Gasteiger partial charge on any atom is -0.358 e. The Morgan fingerprint density at radius 2 is 1.58 bits per heavy atom. The highest BCUT2D eigenvalue weighted by Crippen LogP contribution is 2.13. The molecule has 1 fully saturated rings. The second kappa shape index (κ2) is 8.22. The summed E-state index contributed by atoms with van der Waals surface area (Å²) in [6.45, 7) is 4.13. The first-order valence-corrected chi connectivity index (χ1v) is 8.70. The zero-order valence-corrected chi connectivity index (χ0v) is 14.4. The Bertz CT molecular complexity index is 664. The average Bonchev–Trinajstić information content (AvgIpc) is 3.09. The van der Waals surface area contributed by atoms with Crippen molar-refractivity contribution < 1.29 is 4.39 Å². The molecular weight excluding hydrogens is 321 g/mol. The van der Waals surface area contributed by atoms with Crippen LogP contribution in [-0.4, -0.2) is 23.1 Å². The Balaban J connectivity index is 1.45. The second-order valence-electron chi connectivity index (χ2n) is 6.11. The van der Waals surface area contributed by atoms with Crippen molar-refractivity contribution in [1.82, 2.24) is 10.2 Å². The zero-order valence-electron chi connectivity index (χ0n) is 13.6. The summed E-state index contributed by atoms with van der Waals surface area (Å²) in [7, 11) is 0. The Hall–Kier alpha value is -1.98. The number of nitrogens with one attached hydrogen (secondary N) is 2. The first-order chi connectivity index (χ1) is 11.7. The van der Waals surface area contributed by atoms with E-state index >= 15 is 0 Å². The van der Waals surface area contributed by atoms with Crippen molar-refractivity contribution in [3.8, 4) is 0 Å². The van der Waals surface area contributed by atoms with Gasteiger partial charge in [0.15, 0.2) is 5.11 Å². The van der Waals surface area contributed by atoms with Gasteiger partial charge >= 0.3 is 0 Å². The van der Waals surface area contributed by atoms with Gasteiger partial charge in [0.25, 0.3) is 0 Å². The van der Waals surface area contributed by atoms with E-state index in [1.165, 1.54) is 49.2 Å². The summed E-state index contributed by atoms with van der Waals surface area (Å²) in [5.74, 6) is -0.256. The van der Waals surface area contributed by atoms with Crippen LogP contribution >= 0.6 is 12.2 Å². The van der Waals surface area contributed by atoms with E-state index in [1.807, 2.05) is 0 Å². The van der Waals surface area contributed by atoms with E-state index in [9.17, 15) is 4.39 Å². The number of thiocarbonyl (C=S) groups is 1. The fourth-order valence-electron chi connectivity index (χ4n) is 2.85. The Kier molecular flexibility index (Phi) is 5.77. The standard InChI is InChI=1S/C19H22FN3S/c20-17-7-9-18(10-8-17)22-19(24)21-13-15-3-5-16(6-4-15)14-23-11-1-2-12-23/h3-10H,1-2,11-14H2,(H2,21,22,24). The molecule has 0 amide bonds. The van der Waals surface area contributed by atoms with E-state index in [1.54, 1.807) is 12.1 Å². The van der Waals surface area contributed by atoms with E-state index in [0.29, 0.717) is 11.7 Å². The van der Waals surface area contributed by atoms with Crippen LogP contribution in [0.4, 0.5) is 10.1 Å². The summed E-state index contributed by atoms with van der Waals surface area (Å²) in [4.78, 5) is 2.50. The SMILES string of the molecule is Fc1ccc(NC(=S)NCc2ccc(CN3CCCC3)cc2)cc1. The van der Waals surface area contributed by atoms with Crippen molar-refractivity contribution in [2.24, 2.45) is 0 Å². The molecule has 3 nitrogen and oxygen atoms in total. The molecule has 0 unspecified atom stereocenters. The van der Waals surface area contributed by atoms with Gasteiger partial charge in [-0.3, -0.25) is 4.90 Å². The smallest absolute Gasteiger partial charge is 0.171 e. The summed E-state index contributed by atoms with van der Waals surface area (Å²) >= 11 is 5.27. The number of likely N-dealkylation sites (tertiary alicyclic amines) is 1. The number of halogens is 1. The average molecular weight is 343 g/mol. The van der Waals surface area contributed by atoms with Gasteiger partial charge in [0.1, 0.15) is 5.82 Å². The van der Waals surface area contributed by atoms with E-state index in [2.05, 4.69) is 39.8 Å². The van der Waals surface area contributed by atoms with Crippen LogP contribution in [0.1, 0.15) is 24.0 Å². The molecule has 2 N–H and O–H groups in total. The van der Waals surface area contributed by atoms with Gasteiger partial charge in [-0.05, 0) is 73.5 Å². The van der Waals surface area contributed by atoms with Crippen LogP contribution in [-0.2, 0) is 13.1 Å². The normalized spacial score (nSPS) is 14.5. The third kappa shape index (κ3) is 5.01. The summed E-state index contributed by atoms with van der Waals surface area (Å²) in [6.07, 6.45) is 2.64. The third-order valence-electron chi connectivity index (χ3n) is 4.18. The van der Waals surface area contributed by atoms with Crippen LogP contribution in [0.15, 0.2) is 48.5 Å². The molecule has 0 bridgehead atoms. The molecule has 0 saturated carbocycles. The maximum absolute atomic E-state index is 12.9. The van der Waals surface area contributed by atoms with Crippen LogP contribution in [0.3, 0.4) is 0 Å². The number of nitrogens with zero attached hydrogens (tertiary/aromatic N) is 1. The Labute approximate surface area is 147 Å². The predicted octanol–water partition coefficient (Wildman–Crippen LogP) is 3.91. The first kappa shape index (κ1) is 16.9. The lowest BCUT2D eigenvalue weighted by Crippen LogP contribution is -2.27. The molecule has 2 aromatic rings. The molecule has 1 aliphatic heterocycles. The van der Waals surface area contributed by atoms with E-state index < -0.39 is 0 Å². The van der Waals surface area contributed by atoms with Gasteiger partial charge in [0, 0.05) is 18.8 Å². The van der Waals surface area contributed by atoms with Crippen LogP contribution in [0.5, 0.6) is 0 Å². The first-order valence-electron chi connectivity index (χ1n) is 8.30. The van der Waals surface area contributed by atoms with Crippen LogP contribution in [0.2, 0.25) is 0 Å². The molecule has 0 radical (unpaired) electrons. The quantitative estimate of drug-likeness (QED) is 0.805. The molecule has 1 heterocycles. The number of rotatable bonds is 5. The maximum Gasteiger partial charge on any atom is 0.171 e. The topological polar surface area (TPSA) is 27.3 Å². The monoisotopic (exact) mass is 343 g/mol. The second-order valence-corrected chi connectivity index (χ2v) is 6.52. The van der Waals surface area contributed by atoms with Crippen molar-refractivity contribution in [3.63, 3.8) is 0 Å². The summed E-state index contributed by atoms with van der Waals surface area (Å²) in [5, 5.41) is 6.75. The third-order valence-corrected chi connectivity index (χ3v) is 4.43. The number of anilines is 1. The predicted molar refractivity (Wildman–Crippen MR) is 100 cm³/mol. The number of hydrogen-bond donors (Lipinski definition) is 2. The molecule has 3 rings (SSSR count). The summed E-state index contributed by atoms with van der Waals surface area (Å²) < 4.78 is 12.9. The molecule has 0 atom stereocenters.